The van der Waals surface area contributed by atoms with Crippen molar-refractivity contribution in [1.29, 1.82) is 0 Å². The summed E-state index contributed by atoms with van der Waals surface area (Å²) >= 11 is 6.13. The zero-order chi connectivity index (χ0) is 13.5. The number of nitrogens with zero attached hydrogens (tertiary/aromatic N) is 2. The number of benzene rings is 1. The Labute approximate surface area is 119 Å². The first-order valence-corrected chi connectivity index (χ1v) is 7.49. The van der Waals surface area contributed by atoms with Gasteiger partial charge in [-0.3, -0.25) is 0 Å². The molecule has 0 saturated carbocycles. The highest BCUT2D eigenvalue weighted by Crippen LogP contribution is 2.35. The van der Waals surface area contributed by atoms with Crippen molar-refractivity contribution in [3.8, 4) is 0 Å². The van der Waals surface area contributed by atoms with E-state index in [0.29, 0.717) is 0 Å². The Morgan fingerprint density at radius 2 is 2.26 bits per heavy atom. The van der Waals surface area contributed by atoms with Crippen LogP contribution in [0.25, 0.3) is 11.0 Å². The van der Waals surface area contributed by atoms with Gasteiger partial charge in [0.2, 0.25) is 0 Å². The summed E-state index contributed by atoms with van der Waals surface area (Å²) in [5.41, 5.74) is 2.23. The molecule has 0 radical (unpaired) electrons. The fourth-order valence-electron chi connectivity index (χ4n) is 3.24. The van der Waals surface area contributed by atoms with Crippen LogP contribution in [0.3, 0.4) is 0 Å². The molecule has 1 N–H and O–H groups in total. The van der Waals surface area contributed by atoms with Gasteiger partial charge in [-0.05, 0) is 50.9 Å². The van der Waals surface area contributed by atoms with Gasteiger partial charge in [-0.1, -0.05) is 18.5 Å². The standard InChI is InChI=1S/C15H20ClN3/c1-3-15(8-5-9-17-15)14-18-12-7-6-11(16)10-13(12)19(14)4-2/h6-7,10,17H,3-5,8-9H2,1-2H3. The number of hydrogen-bond donors (Lipinski definition) is 1. The predicted octanol–water partition coefficient (Wildman–Crippen LogP) is 3.70. The van der Waals surface area contributed by atoms with Crippen LogP contribution in [0.5, 0.6) is 0 Å². The molecule has 4 heteroatoms. The maximum atomic E-state index is 6.13. The molecule has 0 amide bonds. The van der Waals surface area contributed by atoms with Gasteiger partial charge in [-0.25, -0.2) is 4.98 Å². The highest BCUT2D eigenvalue weighted by Gasteiger charge is 2.37. The van der Waals surface area contributed by atoms with Crippen molar-refractivity contribution in [2.75, 3.05) is 6.54 Å². The van der Waals surface area contributed by atoms with E-state index < -0.39 is 0 Å². The Hall–Kier alpha value is -1.06. The number of fused-ring (bicyclic) bond motifs is 1. The molecule has 19 heavy (non-hydrogen) atoms. The summed E-state index contributed by atoms with van der Waals surface area (Å²) < 4.78 is 2.31. The smallest absolute Gasteiger partial charge is 0.130 e. The molecule has 1 aromatic heterocycles. The Morgan fingerprint density at radius 1 is 1.42 bits per heavy atom. The molecular formula is C15H20ClN3. The third-order valence-corrected chi connectivity index (χ3v) is 4.54. The van der Waals surface area contributed by atoms with E-state index in [2.05, 4.69) is 23.7 Å². The maximum absolute atomic E-state index is 6.13. The van der Waals surface area contributed by atoms with Crippen LogP contribution in [0.2, 0.25) is 5.02 Å². The third kappa shape index (κ3) is 1.96. The second kappa shape index (κ2) is 4.80. The highest BCUT2D eigenvalue weighted by molar-refractivity contribution is 6.31. The van der Waals surface area contributed by atoms with Crippen LogP contribution in [0.15, 0.2) is 18.2 Å². The lowest BCUT2D eigenvalue weighted by atomic mass is 9.93. The lowest BCUT2D eigenvalue weighted by molar-refractivity contribution is 0.341. The highest BCUT2D eigenvalue weighted by atomic mass is 35.5. The van der Waals surface area contributed by atoms with Crippen LogP contribution in [0.1, 0.15) is 38.9 Å². The summed E-state index contributed by atoms with van der Waals surface area (Å²) in [6.45, 7) is 6.42. The Kier molecular flexibility index (Phi) is 3.27. The molecule has 102 valence electrons. The number of halogens is 1. The molecule has 3 rings (SSSR count). The van der Waals surface area contributed by atoms with Crippen LogP contribution in [0.4, 0.5) is 0 Å². The number of aromatic nitrogens is 2. The van der Waals surface area contributed by atoms with E-state index in [4.69, 9.17) is 16.6 Å². The number of imidazole rings is 1. The summed E-state index contributed by atoms with van der Waals surface area (Å²) in [6, 6.07) is 5.96. The minimum absolute atomic E-state index is 0.0432. The van der Waals surface area contributed by atoms with Gasteiger partial charge in [-0.15, -0.1) is 0 Å². The number of rotatable bonds is 3. The zero-order valence-corrected chi connectivity index (χ0v) is 12.3. The van der Waals surface area contributed by atoms with E-state index in [0.717, 1.165) is 35.6 Å². The van der Waals surface area contributed by atoms with E-state index in [-0.39, 0.29) is 5.54 Å². The topological polar surface area (TPSA) is 29.9 Å². The molecule has 0 spiro atoms. The van der Waals surface area contributed by atoms with Crippen LogP contribution in [-0.2, 0) is 12.1 Å². The molecule has 1 fully saturated rings. The predicted molar refractivity (Wildman–Crippen MR) is 79.6 cm³/mol. The molecular weight excluding hydrogens is 258 g/mol. The Balaban J connectivity index is 2.23. The fourth-order valence-corrected chi connectivity index (χ4v) is 3.40. The first-order valence-electron chi connectivity index (χ1n) is 7.11. The van der Waals surface area contributed by atoms with E-state index >= 15 is 0 Å². The minimum atomic E-state index is 0.0432. The fraction of sp³-hybridized carbons (Fsp3) is 0.533. The van der Waals surface area contributed by atoms with Crippen LogP contribution < -0.4 is 5.32 Å². The van der Waals surface area contributed by atoms with Crippen molar-refractivity contribution in [3.05, 3.63) is 29.0 Å². The van der Waals surface area contributed by atoms with Crippen molar-refractivity contribution < 1.29 is 0 Å². The van der Waals surface area contributed by atoms with Crippen LogP contribution in [0, 0.1) is 0 Å². The summed E-state index contributed by atoms with van der Waals surface area (Å²) in [4.78, 5) is 4.89. The molecule has 1 saturated heterocycles. The third-order valence-electron chi connectivity index (χ3n) is 4.30. The Bertz CT molecular complexity index is 597. The summed E-state index contributed by atoms with van der Waals surface area (Å²) in [5.74, 6) is 1.17. The molecule has 2 heterocycles. The minimum Gasteiger partial charge on any atom is -0.327 e. The Morgan fingerprint density at radius 3 is 2.89 bits per heavy atom. The van der Waals surface area contributed by atoms with Gasteiger partial charge in [0, 0.05) is 11.6 Å². The monoisotopic (exact) mass is 277 g/mol. The second-order valence-corrected chi connectivity index (χ2v) is 5.72. The van der Waals surface area contributed by atoms with Crippen molar-refractivity contribution in [2.45, 2.75) is 45.2 Å². The molecule has 0 aliphatic carbocycles. The zero-order valence-electron chi connectivity index (χ0n) is 11.5. The van der Waals surface area contributed by atoms with Crippen molar-refractivity contribution in [1.82, 2.24) is 14.9 Å². The van der Waals surface area contributed by atoms with E-state index in [1.54, 1.807) is 0 Å². The molecule has 1 aliphatic rings. The van der Waals surface area contributed by atoms with Crippen LogP contribution in [-0.4, -0.2) is 16.1 Å². The van der Waals surface area contributed by atoms with E-state index in [1.807, 2.05) is 18.2 Å². The molecule has 0 bridgehead atoms. The molecule has 1 unspecified atom stereocenters. The molecule has 3 nitrogen and oxygen atoms in total. The van der Waals surface area contributed by atoms with Gasteiger partial charge in [0.1, 0.15) is 5.82 Å². The molecule has 1 atom stereocenters. The van der Waals surface area contributed by atoms with Crippen molar-refractivity contribution >= 4 is 22.6 Å². The number of nitrogens with one attached hydrogen (secondary N) is 1. The van der Waals surface area contributed by atoms with Gasteiger partial charge in [-0.2, -0.15) is 0 Å². The van der Waals surface area contributed by atoms with Gasteiger partial charge in [0.15, 0.2) is 0 Å². The van der Waals surface area contributed by atoms with Crippen LogP contribution >= 0.6 is 11.6 Å². The molecule has 1 aliphatic heterocycles. The average Bonchev–Trinajstić information content (AvgIpc) is 3.02. The summed E-state index contributed by atoms with van der Waals surface area (Å²) in [6.07, 6.45) is 3.46. The first-order chi connectivity index (χ1) is 9.20. The normalized spacial score (nSPS) is 23.3. The van der Waals surface area contributed by atoms with Crippen molar-refractivity contribution in [2.24, 2.45) is 0 Å². The summed E-state index contributed by atoms with van der Waals surface area (Å²) in [5, 5.41) is 4.45. The average molecular weight is 278 g/mol. The lowest BCUT2D eigenvalue weighted by Crippen LogP contribution is -2.38. The maximum Gasteiger partial charge on any atom is 0.130 e. The van der Waals surface area contributed by atoms with Gasteiger partial charge >= 0.3 is 0 Å². The van der Waals surface area contributed by atoms with Gasteiger partial charge in [0.05, 0.1) is 16.6 Å². The largest absolute Gasteiger partial charge is 0.327 e. The van der Waals surface area contributed by atoms with E-state index in [1.165, 1.54) is 18.7 Å². The molecule has 1 aromatic carbocycles. The summed E-state index contributed by atoms with van der Waals surface area (Å²) in [7, 11) is 0. The van der Waals surface area contributed by atoms with Gasteiger partial charge in [0.25, 0.3) is 0 Å². The molecule has 2 aromatic rings. The lowest BCUT2D eigenvalue weighted by Gasteiger charge is -2.28. The number of hydrogen-bond acceptors (Lipinski definition) is 2. The quantitative estimate of drug-likeness (QED) is 0.927. The first kappa shape index (κ1) is 12.9. The SMILES string of the molecule is CCn1c(C2(CC)CCCN2)nc2ccc(Cl)cc21. The number of aryl methyl sites for hydroxylation is 1. The van der Waals surface area contributed by atoms with Gasteiger partial charge < -0.3 is 9.88 Å². The van der Waals surface area contributed by atoms with E-state index in [9.17, 15) is 0 Å². The van der Waals surface area contributed by atoms with Crippen molar-refractivity contribution in [3.63, 3.8) is 0 Å². The second-order valence-electron chi connectivity index (χ2n) is 5.28.